The third-order valence-electron chi connectivity index (χ3n) is 6.54. The molecule has 5 rings (SSSR count). The van der Waals surface area contributed by atoms with Gasteiger partial charge >= 0.3 is 5.97 Å². The van der Waals surface area contributed by atoms with E-state index in [-0.39, 0.29) is 24.3 Å². The number of rotatable bonds is 8. The van der Waals surface area contributed by atoms with Gasteiger partial charge in [0, 0.05) is 20.1 Å². The Kier molecular flexibility index (Phi) is 9.22. The lowest BCUT2D eigenvalue weighted by molar-refractivity contribution is -0.139. The molecular formula is C31H25BrCl2N2O5S. The van der Waals surface area contributed by atoms with E-state index in [1.165, 1.54) is 15.9 Å². The summed E-state index contributed by atoms with van der Waals surface area (Å²) in [5.41, 5.74) is 2.47. The highest BCUT2D eigenvalue weighted by atomic mass is 79.9. The van der Waals surface area contributed by atoms with Crippen LogP contribution >= 0.6 is 50.5 Å². The zero-order valence-electron chi connectivity index (χ0n) is 22.8. The number of methoxy groups -OCH3 is 1. The average Bonchev–Trinajstić information content (AvgIpc) is 3.25. The van der Waals surface area contributed by atoms with Crippen molar-refractivity contribution < 1.29 is 19.0 Å². The Hall–Kier alpha value is -3.37. The Morgan fingerprint density at radius 2 is 1.93 bits per heavy atom. The SMILES string of the molecule is CCOC(=O)C1=C(C)N=c2s/c(=C\c3cc(Br)cc(OC)c3OCc3cccc(Cl)c3)c(=O)n2[C@H]1c1ccccc1Cl. The average molecular weight is 688 g/mol. The van der Waals surface area contributed by atoms with Crippen LogP contribution in [0.4, 0.5) is 0 Å². The smallest absolute Gasteiger partial charge is 0.338 e. The van der Waals surface area contributed by atoms with Gasteiger partial charge < -0.3 is 14.2 Å². The molecule has 0 fully saturated rings. The summed E-state index contributed by atoms with van der Waals surface area (Å²) in [5.74, 6) is 0.392. The largest absolute Gasteiger partial charge is 0.493 e. The van der Waals surface area contributed by atoms with Crippen molar-refractivity contribution in [2.45, 2.75) is 26.5 Å². The number of carbonyl (C=O) groups is 1. The predicted molar refractivity (Wildman–Crippen MR) is 168 cm³/mol. The van der Waals surface area contributed by atoms with E-state index in [1.807, 2.05) is 30.3 Å². The molecule has 0 radical (unpaired) electrons. The van der Waals surface area contributed by atoms with Crippen LogP contribution in [0.15, 0.2) is 86.2 Å². The van der Waals surface area contributed by atoms with Crippen molar-refractivity contribution in [1.82, 2.24) is 4.57 Å². The number of hydrogen-bond donors (Lipinski definition) is 0. The molecule has 0 N–H and O–H groups in total. The number of hydrogen-bond acceptors (Lipinski definition) is 7. The Morgan fingerprint density at radius 1 is 1.14 bits per heavy atom. The van der Waals surface area contributed by atoms with Gasteiger partial charge in [-0.3, -0.25) is 9.36 Å². The van der Waals surface area contributed by atoms with Crippen molar-refractivity contribution in [3.05, 3.63) is 123 Å². The van der Waals surface area contributed by atoms with Crippen molar-refractivity contribution >= 4 is 62.5 Å². The van der Waals surface area contributed by atoms with Gasteiger partial charge in [0.1, 0.15) is 12.6 Å². The number of esters is 1. The minimum absolute atomic E-state index is 0.179. The number of aromatic nitrogens is 1. The molecule has 0 saturated carbocycles. The molecule has 0 spiro atoms. The molecule has 1 aliphatic rings. The summed E-state index contributed by atoms with van der Waals surface area (Å²) in [6.07, 6.45) is 1.73. The summed E-state index contributed by atoms with van der Waals surface area (Å²) in [6, 6.07) is 17.3. The van der Waals surface area contributed by atoms with Gasteiger partial charge in [0.25, 0.3) is 5.56 Å². The van der Waals surface area contributed by atoms with E-state index in [0.29, 0.717) is 47.7 Å². The number of allylic oxidation sites excluding steroid dienone is 1. The third kappa shape index (κ3) is 6.06. The minimum atomic E-state index is -0.813. The maximum atomic E-state index is 14.1. The summed E-state index contributed by atoms with van der Waals surface area (Å²) < 4.78 is 19.8. The van der Waals surface area contributed by atoms with Gasteiger partial charge in [0.15, 0.2) is 16.3 Å². The van der Waals surface area contributed by atoms with E-state index < -0.39 is 12.0 Å². The van der Waals surface area contributed by atoms with E-state index in [0.717, 1.165) is 10.0 Å². The van der Waals surface area contributed by atoms with Gasteiger partial charge in [-0.15, -0.1) is 0 Å². The van der Waals surface area contributed by atoms with Crippen molar-refractivity contribution in [3.63, 3.8) is 0 Å². The molecule has 3 aromatic carbocycles. The first kappa shape index (κ1) is 30.1. The second-order valence-corrected chi connectivity index (χ2v) is 12.0. The standard InChI is InChI=1S/C31H25BrCl2N2O5S/c1-4-40-30(38)26-17(2)35-31-36(27(26)22-10-5-6-11-23(22)34)29(37)25(42-31)14-19-13-20(32)15-24(39-3)28(19)41-16-18-8-7-9-21(33)12-18/h5-15,27H,4,16H2,1-3H3/b25-14-/t27-/m0/s1. The fourth-order valence-electron chi connectivity index (χ4n) is 4.71. The maximum absolute atomic E-state index is 14.1. The molecule has 2 heterocycles. The molecule has 11 heteroatoms. The molecule has 0 amide bonds. The third-order valence-corrected chi connectivity index (χ3v) is 8.56. The topological polar surface area (TPSA) is 79.1 Å². The molecule has 0 bridgehead atoms. The molecule has 0 saturated heterocycles. The summed E-state index contributed by atoms with van der Waals surface area (Å²) in [6.45, 7) is 3.87. The summed E-state index contributed by atoms with van der Waals surface area (Å²) in [4.78, 5) is 32.3. The molecule has 0 aliphatic carbocycles. The first-order valence-corrected chi connectivity index (χ1v) is 15.3. The monoisotopic (exact) mass is 686 g/mol. The van der Waals surface area contributed by atoms with Crippen LogP contribution < -0.4 is 24.4 Å². The van der Waals surface area contributed by atoms with E-state index >= 15 is 0 Å². The number of nitrogens with zero attached hydrogens (tertiary/aromatic N) is 2. The second-order valence-electron chi connectivity index (χ2n) is 9.27. The fourth-order valence-corrected chi connectivity index (χ4v) is 6.65. The Labute approximate surface area is 264 Å². The van der Waals surface area contributed by atoms with Crippen LogP contribution in [0.1, 0.15) is 36.6 Å². The van der Waals surface area contributed by atoms with Crippen molar-refractivity contribution in [2.24, 2.45) is 4.99 Å². The highest BCUT2D eigenvalue weighted by molar-refractivity contribution is 9.10. The molecular weight excluding hydrogens is 663 g/mol. The molecule has 1 atom stereocenters. The highest BCUT2D eigenvalue weighted by Crippen LogP contribution is 2.37. The molecule has 1 aromatic heterocycles. The molecule has 1 aliphatic heterocycles. The lowest BCUT2D eigenvalue weighted by Crippen LogP contribution is -2.40. The molecule has 7 nitrogen and oxygen atoms in total. The normalized spacial score (nSPS) is 14.8. The fraction of sp³-hybridized carbons (Fsp3) is 0.194. The van der Waals surface area contributed by atoms with Crippen LogP contribution in [0, 0.1) is 0 Å². The number of carbonyl (C=O) groups excluding carboxylic acids is 1. The summed E-state index contributed by atoms with van der Waals surface area (Å²) in [7, 11) is 1.55. The predicted octanol–water partition coefficient (Wildman–Crippen LogP) is 6.46. The minimum Gasteiger partial charge on any atom is -0.493 e. The van der Waals surface area contributed by atoms with Crippen LogP contribution in [0.5, 0.6) is 11.5 Å². The summed E-state index contributed by atoms with van der Waals surface area (Å²) in [5, 5.41) is 1.02. The molecule has 4 aromatic rings. The lowest BCUT2D eigenvalue weighted by atomic mass is 9.96. The first-order valence-electron chi connectivity index (χ1n) is 12.9. The van der Waals surface area contributed by atoms with Crippen LogP contribution in [-0.2, 0) is 16.1 Å². The Bertz CT molecular complexity index is 1900. The van der Waals surface area contributed by atoms with Gasteiger partial charge in [0.05, 0.1) is 29.5 Å². The van der Waals surface area contributed by atoms with Crippen molar-refractivity contribution in [2.75, 3.05) is 13.7 Å². The van der Waals surface area contributed by atoms with Gasteiger partial charge in [-0.25, -0.2) is 9.79 Å². The number of benzene rings is 3. The Balaban J connectivity index is 1.68. The number of ether oxygens (including phenoxy) is 3. The van der Waals surface area contributed by atoms with Crippen LogP contribution in [0.25, 0.3) is 6.08 Å². The molecule has 216 valence electrons. The van der Waals surface area contributed by atoms with Crippen LogP contribution in [0.2, 0.25) is 10.0 Å². The van der Waals surface area contributed by atoms with E-state index in [1.54, 1.807) is 57.4 Å². The van der Waals surface area contributed by atoms with Crippen molar-refractivity contribution in [3.8, 4) is 11.5 Å². The summed E-state index contributed by atoms with van der Waals surface area (Å²) >= 11 is 17.5. The van der Waals surface area contributed by atoms with Crippen LogP contribution in [0.3, 0.4) is 0 Å². The Morgan fingerprint density at radius 3 is 2.64 bits per heavy atom. The number of fused-ring (bicyclic) bond motifs is 1. The molecule has 42 heavy (non-hydrogen) atoms. The molecule has 0 unspecified atom stereocenters. The van der Waals surface area contributed by atoms with Gasteiger partial charge in [-0.05, 0) is 61.4 Å². The quantitative estimate of drug-likeness (QED) is 0.199. The van der Waals surface area contributed by atoms with Crippen LogP contribution in [-0.4, -0.2) is 24.3 Å². The zero-order valence-corrected chi connectivity index (χ0v) is 26.7. The maximum Gasteiger partial charge on any atom is 0.338 e. The lowest BCUT2D eigenvalue weighted by Gasteiger charge is -2.25. The van der Waals surface area contributed by atoms with Gasteiger partial charge in [-0.2, -0.15) is 0 Å². The van der Waals surface area contributed by atoms with E-state index in [2.05, 4.69) is 20.9 Å². The van der Waals surface area contributed by atoms with Gasteiger partial charge in [0.2, 0.25) is 0 Å². The number of thiazole rings is 1. The first-order chi connectivity index (χ1) is 20.2. The van der Waals surface area contributed by atoms with E-state index in [4.69, 9.17) is 37.4 Å². The zero-order chi connectivity index (χ0) is 30.0. The number of halogens is 3. The van der Waals surface area contributed by atoms with Gasteiger partial charge in [-0.1, -0.05) is 80.8 Å². The van der Waals surface area contributed by atoms with E-state index in [9.17, 15) is 9.59 Å². The second kappa shape index (κ2) is 12.9. The van der Waals surface area contributed by atoms with Crippen molar-refractivity contribution in [1.29, 1.82) is 0 Å². The highest BCUT2D eigenvalue weighted by Gasteiger charge is 2.34.